The fourth-order valence-electron chi connectivity index (χ4n) is 3.01. The lowest BCUT2D eigenvalue weighted by Crippen LogP contribution is -2.48. The molecule has 0 aliphatic carbocycles. The van der Waals surface area contributed by atoms with Crippen LogP contribution in [0.25, 0.3) is 0 Å². The van der Waals surface area contributed by atoms with Gasteiger partial charge in [0.1, 0.15) is 12.7 Å². The number of carbonyl (C=O) groups is 1. The van der Waals surface area contributed by atoms with Gasteiger partial charge in [0.2, 0.25) is 5.91 Å². The molecule has 1 saturated heterocycles. The second-order valence-corrected chi connectivity index (χ2v) is 8.67. The topological polar surface area (TPSA) is 67.2 Å². The number of nitrogens with zero attached hydrogens (tertiary/aromatic N) is 6. The van der Waals surface area contributed by atoms with Crippen molar-refractivity contribution in [3.05, 3.63) is 28.7 Å². The molecule has 0 aromatic carbocycles. The zero-order chi connectivity index (χ0) is 18.6. The number of piperazine rings is 1. The summed E-state index contributed by atoms with van der Waals surface area (Å²) in [5, 5.41) is 7.42. The normalized spacial score (nSPS) is 16.2. The van der Waals surface area contributed by atoms with Crippen molar-refractivity contribution >= 4 is 17.2 Å². The molecule has 1 fully saturated rings. The number of amides is 1. The third-order valence-corrected chi connectivity index (χ3v) is 5.87. The lowest BCUT2D eigenvalue weighted by Gasteiger charge is -2.34. The van der Waals surface area contributed by atoms with Crippen molar-refractivity contribution in [1.29, 1.82) is 0 Å². The van der Waals surface area contributed by atoms with E-state index < -0.39 is 0 Å². The van der Waals surface area contributed by atoms with E-state index in [2.05, 4.69) is 41.1 Å². The molecule has 142 valence electrons. The van der Waals surface area contributed by atoms with Crippen molar-refractivity contribution < 1.29 is 4.79 Å². The number of rotatable bonds is 6. The maximum Gasteiger partial charge on any atom is 0.222 e. The van der Waals surface area contributed by atoms with Crippen LogP contribution in [-0.4, -0.2) is 61.6 Å². The van der Waals surface area contributed by atoms with Gasteiger partial charge in [-0.3, -0.25) is 14.4 Å². The molecule has 2 aromatic heterocycles. The van der Waals surface area contributed by atoms with Gasteiger partial charge in [0.25, 0.3) is 0 Å². The summed E-state index contributed by atoms with van der Waals surface area (Å²) in [5.74, 6) is 0.244. The summed E-state index contributed by atoms with van der Waals surface area (Å²) in [7, 11) is 0. The van der Waals surface area contributed by atoms with E-state index in [1.54, 1.807) is 22.3 Å². The Morgan fingerprint density at radius 3 is 2.62 bits per heavy atom. The van der Waals surface area contributed by atoms with Crippen LogP contribution in [0.5, 0.6) is 0 Å². The summed E-state index contributed by atoms with van der Waals surface area (Å²) in [5.41, 5.74) is 1.26. The van der Waals surface area contributed by atoms with Crippen LogP contribution in [0.4, 0.5) is 0 Å². The third kappa shape index (κ3) is 5.11. The lowest BCUT2D eigenvalue weighted by molar-refractivity contribution is -0.133. The minimum atomic E-state index is 0.111. The maximum atomic E-state index is 12.4. The number of carbonyl (C=O) groups excluding carboxylic acids is 1. The van der Waals surface area contributed by atoms with Crippen LogP contribution in [0.15, 0.2) is 18.0 Å². The number of aromatic nitrogens is 4. The molecule has 0 atom stereocenters. The minimum absolute atomic E-state index is 0.111. The predicted molar refractivity (Wildman–Crippen MR) is 102 cm³/mol. The summed E-state index contributed by atoms with van der Waals surface area (Å²) < 4.78 is 1.77. The van der Waals surface area contributed by atoms with Gasteiger partial charge in [-0.15, -0.1) is 11.3 Å². The fourth-order valence-corrected chi connectivity index (χ4v) is 3.91. The van der Waals surface area contributed by atoms with Crippen LogP contribution in [0, 0.1) is 0 Å². The Hall–Kier alpha value is -1.80. The summed E-state index contributed by atoms with van der Waals surface area (Å²) in [4.78, 5) is 25.4. The van der Waals surface area contributed by atoms with Gasteiger partial charge in [-0.2, -0.15) is 5.10 Å². The number of hydrogen-bond donors (Lipinski definition) is 0. The number of aryl methyl sites for hydroxylation is 1. The molecule has 1 aliphatic heterocycles. The van der Waals surface area contributed by atoms with E-state index in [1.807, 2.05) is 4.90 Å². The molecular formula is C18H28N6OS. The molecule has 0 unspecified atom stereocenters. The molecule has 0 bridgehead atoms. The molecule has 0 N–H and O–H groups in total. The first-order chi connectivity index (χ1) is 12.4. The average molecular weight is 377 g/mol. The Morgan fingerprint density at radius 2 is 2.00 bits per heavy atom. The Morgan fingerprint density at radius 1 is 1.23 bits per heavy atom. The number of hydrogen-bond acceptors (Lipinski definition) is 6. The van der Waals surface area contributed by atoms with Gasteiger partial charge in [-0.05, 0) is 6.42 Å². The van der Waals surface area contributed by atoms with Gasteiger partial charge in [0, 0.05) is 56.5 Å². The molecule has 8 heteroatoms. The van der Waals surface area contributed by atoms with Crippen molar-refractivity contribution in [1.82, 2.24) is 29.5 Å². The maximum absolute atomic E-state index is 12.4. The van der Waals surface area contributed by atoms with Gasteiger partial charge in [0.15, 0.2) is 0 Å². The monoisotopic (exact) mass is 376 g/mol. The molecule has 1 aliphatic rings. The Kier molecular flexibility index (Phi) is 6.03. The van der Waals surface area contributed by atoms with Crippen LogP contribution in [0.3, 0.4) is 0 Å². The van der Waals surface area contributed by atoms with E-state index in [-0.39, 0.29) is 11.3 Å². The largest absolute Gasteiger partial charge is 0.340 e. The second-order valence-electron chi connectivity index (χ2n) is 7.81. The highest BCUT2D eigenvalue weighted by molar-refractivity contribution is 7.09. The quantitative estimate of drug-likeness (QED) is 0.773. The predicted octanol–water partition coefficient (Wildman–Crippen LogP) is 2.16. The van der Waals surface area contributed by atoms with Gasteiger partial charge in [-0.1, -0.05) is 20.8 Å². The van der Waals surface area contributed by atoms with E-state index >= 15 is 0 Å². The molecule has 0 radical (unpaired) electrons. The average Bonchev–Trinajstić information content (AvgIpc) is 3.27. The standard InChI is InChI=1S/C18H28N6OS/c1-18(2,3)17-21-15(12-26-17)11-22-7-9-23(10-8-22)16(25)5-4-6-24-14-19-13-20-24/h12-14H,4-11H2,1-3H3. The fraction of sp³-hybridized carbons (Fsp3) is 0.667. The van der Waals surface area contributed by atoms with Crippen molar-refractivity contribution in [2.75, 3.05) is 26.2 Å². The van der Waals surface area contributed by atoms with Crippen molar-refractivity contribution in [2.24, 2.45) is 0 Å². The molecular weight excluding hydrogens is 348 g/mol. The highest BCUT2D eigenvalue weighted by Gasteiger charge is 2.23. The minimum Gasteiger partial charge on any atom is -0.340 e. The smallest absolute Gasteiger partial charge is 0.222 e. The van der Waals surface area contributed by atoms with Gasteiger partial charge in [0.05, 0.1) is 10.7 Å². The molecule has 3 heterocycles. The van der Waals surface area contributed by atoms with E-state index in [0.29, 0.717) is 6.42 Å². The zero-order valence-electron chi connectivity index (χ0n) is 15.9. The molecule has 2 aromatic rings. The number of thiazole rings is 1. The van der Waals surface area contributed by atoms with E-state index in [0.717, 1.165) is 51.4 Å². The first-order valence-electron chi connectivity index (χ1n) is 9.19. The van der Waals surface area contributed by atoms with Gasteiger partial charge in [-0.25, -0.2) is 9.97 Å². The Bertz CT molecular complexity index is 698. The Balaban J connectivity index is 1.39. The van der Waals surface area contributed by atoms with Crippen LogP contribution < -0.4 is 0 Å². The second kappa shape index (κ2) is 8.26. The molecule has 3 rings (SSSR count). The SMILES string of the molecule is CC(C)(C)c1nc(CN2CCN(C(=O)CCCn3cncn3)CC2)cs1. The van der Waals surface area contributed by atoms with Gasteiger partial charge >= 0.3 is 0 Å². The molecule has 26 heavy (non-hydrogen) atoms. The van der Waals surface area contributed by atoms with E-state index in [1.165, 1.54) is 11.3 Å². The highest BCUT2D eigenvalue weighted by Crippen LogP contribution is 2.26. The molecule has 7 nitrogen and oxygen atoms in total. The van der Waals surface area contributed by atoms with Crippen LogP contribution in [-0.2, 0) is 23.3 Å². The summed E-state index contributed by atoms with van der Waals surface area (Å²) in [6.07, 6.45) is 4.58. The van der Waals surface area contributed by atoms with E-state index in [4.69, 9.17) is 4.98 Å². The molecule has 0 saturated carbocycles. The van der Waals surface area contributed by atoms with Gasteiger partial charge < -0.3 is 4.90 Å². The van der Waals surface area contributed by atoms with Crippen molar-refractivity contribution in [3.63, 3.8) is 0 Å². The summed E-state index contributed by atoms with van der Waals surface area (Å²) in [6, 6.07) is 0. The van der Waals surface area contributed by atoms with E-state index in [9.17, 15) is 4.79 Å². The zero-order valence-corrected chi connectivity index (χ0v) is 16.7. The van der Waals surface area contributed by atoms with Crippen LogP contribution >= 0.6 is 11.3 Å². The molecule has 1 amide bonds. The van der Waals surface area contributed by atoms with Crippen LogP contribution in [0.2, 0.25) is 0 Å². The lowest BCUT2D eigenvalue weighted by atomic mass is 9.98. The van der Waals surface area contributed by atoms with Crippen LogP contribution in [0.1, 0.15) is 44.3 Å². The van der Waals surface area contributed by atoms with Crippen molar-refractivity contribution in [2.45, 2.75) is 52.1 Å². The summed E-state index contributed by atoms with van der Waals surface area (Å²) >= 11 is 1.74. The highest BCUT2D eigenvalue weighted by atomic mass is 32.1. The first-order valence-corrected chi connectivity index (χ1v) is 10.1. The van der Waals surface area contributed by atoms with Crippen molar-refractivity contribution in [3.8, 4) is 0 Å². The molecule has 0 spiro atoms. The Labute approximate surface area is 159 Å². The third-order valence-electron chi connectivity index (χ3n) is 4.55. The first kappa shape index (κ1) is 19.0. The summed E-state index contributed by atoms with van der Waals surface area (Å²) in [6.45, 7) is 11.6.